The summed E-state index contributed by atoms with van der Waals surface area (Å²) in [6.45, 7) is 0.243. The van der Waals surface area contributed by atoms with Crippen LogP contribution in [0, 0.1) is 10.1 Å². The zero-order chi connectivity index (χ0) is 13.7. The molecule has 8 heteroatoms. The minimum Gasteiger partial charge on any atom is -0.467 e. The van der Waals surface area contributed by atoms with E-state index in [9.17, 15) is 10.1 Å². The van der Waals surface area contributed by atoms with Crippen LogP contribution in [0.2, 0.25) is 0 Å². The smallest absolute Gasteiger partial charge is 0.311 e. The van der Waals surface area contributed by atoms with E-state index in [0.717, 1.165) is 0 Å². The molecule has 0 amide bonds. The van der Waals surface area contributed by atoms with E-state index in [1.165, 1.54) is 24.6 Å². The van der Waals surface area contributed by atoms with Crippen molar-refractivity contribution in [1.29, 1.82) is 0 Å². The summed E-state index contributed by atoms with van der Waals surface area (Å²) in [5.74, 6) is 0.715. The third-order valence-corrected chi connectivity index (χ3v) is 2.21. The predicted molar refractivity (Wildman–Crippen MR) is 68.5 cm³/mol. The lowest BCUT2D eigenvalue weighted by Gasteiger charge is -2.04. The normalized spacial score (nSPS) is 11.3. The first-order valence-electron chi connectivity index (χ1n) is 5.35. The van der Waals surface area contributed by atoms with Crippen molar-refractivity contribution in [2.24, 2.45) is 10.7 Å². The number of pyridine rings is 1. The topological polar surface area (TPSA) is 120 Å². The average Bonchev–Trinajstić information content (AvgIpc) is 2.90. The maximum Gasteiger partial charge on any atom is 0.311 e. The summed E-state index contributed by atoms with van der Waals surface area (Å²) in [4.78, 5) is 18.1. The summed E-state index contributed by atoms with van der Waals surface area (Å²) in [6, 6.07) is 6.28. The second kappa shape index (κ2) is 5.63. The molecule has 2 rings (SSSR count). The monoisotopic (exact) mass is 261 g/mol. The molecule has 0 saturated carbocycles. The lowest BCUT2D eigenvalue weighted by Crippen LogP contribution is -2.23. The van der Waals surface area contributed by atoms with Gasteiger partial charge in [0.25, 0.3) is 0 Å². The maximum absolute atomic E-state index is 10.8. The van der Waals surface area contributed by atoms with Crippen molar-refractivity contribution < 1.29 is 9.34 Å². The Morgan fingerprint density at radius 1 is 1.53 bits per heavy atom. The zero-order valence-corrected chi connectivity index (χ0v) is 9.81. The van der Waals surface area contributed by atoms with Gasteiger partial charge in [0.1, 0.15) is 12.3 Å². The zero-order valence-electron chi connectivity index (χ0n) is 9.81. The molecule has 98 valence electrons. The van der Waals surface area contributed by atoms with Gasteiger partial charge in [-0.25, -0.2) is 9.98 Å². The number of nitrogens with zero attached hydrogens (tertiary/aromatic N) is 3. The number of nitrogens with two attached hydrogens (primary N) is 1. The molecule has 2 aromatic heterocycles. The van der Waals surface area contributed by atoms with E-state index in [2.05, 4.69) is 15.3 Å². The van der Waals surface area contributed by atoms with Gasteiger partial charge in [0, 0.05) is 12.3 Å². The molecule has 19 heavy (non-hydrogen) atoms. The van der Waals surface area contributed by atoms with Gasteiger partial charge >= 0.3 is 5.69 Å². The van der Waals surface area contributed by atoms with Gasteiger partial charge in [-0.15, -0.1) is 0 Å². The van der Waals surface area contributed by atoms with Crippen LogP contribution >= 0.6 is 0 Å². The van der Waals surface area contributed by atoms with Crippen LogP contribution in [0.25, 0.3) is 0 Å². The fourth-order valence-electron chi connectivity index (χ4n) is 1.37. The van der Waals surface area contributed by atoms with E-state index in [0.29, 0.717) is 5.76 Å². The summed E-state index contributed by atoms with van der Waals surface area (Å²) < 4.78 is 5.08. The predicted octanol–water partition coefficient (Wildman–Crippen LogP) is 1.51. The number of guanidine groups is 1. The Labute approximate surface area is 108 Å². The van der Waals surface area contributed by atoms with Gasteiger partial charge in [-0.05, 0) is 18.2 Å². The Hall–Kier alpha value is -2.90. The molecule has 2 aromatic rings. The number of hydrogen-bond donors (Lipinski definition) is 2. The maximum atomic E-state index is 10.8. The lowest BCUT2D eigenvalue weighted by atomic mass is 10.4. The second-order valence-corrected chi connectivity index (χ2v) is 3.53. The highest BCUT2D eigenvalue weighted by Crippen LogP contribution is 2.19. The summed E-state index contributed by atoms with van der Waals surface area (Å²) in [5.41, 5.74) is 5.46. The molecule has 2 heterocycles. The summed E-state index contributed by atoms with van der Waals surface area (Å²) in [6.07, 6.45) is 2.95. The molecule has 0 aliphatic rings. The van der Waals surface area contributed by atoms with E-state index in [1.54, 1.807) is 12.1 Å². The van der Waals surface area contributed by atoms with Crippen LogP contribution in [0.5, 0.6) is 0 Å². The molecular formula is C11H11N5O3. The third kappa shape index (κ3) is 3.28. The van der Waals surface area contributed by atoms with Crippen molar-refractivity contribution >= 4 is 17.5 Å². The van der Waals surface area contributed by atoms with Gasteiger partial charge in [-0.3, -0.25) is 10.1 Å². The largest absolute Gasteiger partial charge is 0.467 e. The highest BCUT2D eigenvalue weighted by Gasteiger charge is 2.14. The van der Waals surface area contributed by atoms with Gasteiger partial charge in [0.05, 0.1) is 11.2 Å². The molecule has 0 unspecified atom stereocenters. The van der Waals surface area contributed by atoms with E-state index < -0.39 is 4.92 Å². The molecule has 0 bridgehead atoms. The number of nitrogens with one attached hydrogen (secondary N) is 1. The number of aliphatic imine (C=N–C) groups is 1. The lowest BCUT2D eigenvalue weighted by molar-refractivity contribution is -0.384. The highest BCUT2D eigenvalue weighted by molar-refractivity contribution is 5.93. The summed E-state index contributed by atoms with van der Waals surface area (Å²) >= 11 is 0. The molecule has 0 aromatic carbocycles. The number of anilines is 1. The average molecular weight is 261 g/mol. The van der Waals surface area contributed by atoms with Crippen molar-refractivity contribution in [2.45, 2.75) is 6.54 Å². The Kier molecular flexibility index (Phi) is 3.72. The van der Waals surface area contributed by atoms with Crippen LogP contribution in [0.15, 0.2) is 46.1 Å². The Morgan fingerprint density at radius 2 is 2.37 bits per heavy atom. The van der Waals surface area contributed by atoms with Crippen molar-refractivity contribution in [2.75, 3.05) is 5.32 Å². The van der Waals surface area contributed by atoms with E-state index in [4.69, 9.17) is 10.2 Å². The Bertz CT molecular complexity index is 594. The molecule has 0 atom stereocenters. The van der Waals surface area contributed by atoms with Crippen LogP contribution < -0.4 is 11.1 Å². The number of hydrogen-bond acceptors (Lipinski definition) is 5. The fraction of sp³-hybridized carbons (Fsp3) is 0.0909. The quantitative estimate of drug-likeness (QED) is 0.372. The minimum atomic E-state index is -0.546. The van der Waals surface area contributed by atoms with Crippen molar-refractivity contribution in [3.63, 3.8) is 0 Å². The number of rotatable bonds is 4. The SMILES string of the molecule is NC(=NCc1ccco1)Nc1ncccc1[N+](=O)[O-]. The number of aromatic nitrogens is 1. The molecule has 0 aliphatic carbocycles. The Morgan fingerprint density at radius 3 is 3.05 bits per heavy atom. The standard InChI is InChI=1S/C11H11N5O3/c12-11(14-7-8-3-2-6-19-8)15-10-9(16(17)18)4-1-5-13-10/h1-6H,7H2,(H3,12,13,14,15). The second-order valence-electron chi connectivity index (χ2n) is 3.53. The highest BCUT2D eigenvalue weighted by atomic mass is 16.6. The first-order chi connectivity index (χ1) is 9.16. The third-order valence-electron chi connectivity index (χ3n) is 2.21. The van der Waals surface area contributed by atoms with Crippen molar-refractivity contribution in [1.82, 2.24) is 4.98 Å². The molecule has 0 saturated heterocycles. The van der Waals surface area contributed by atoms with Crippen LogP contribution in [0.4, 0.5) is 11.5 Å². The first kappa shape index (κ1) is 12.6. The minimum absolute atomic E-state index is 0.0261. The summed E-state index contributed by atoms with van der Waals surface area (Å²) in [7, 11) is 0. The first-order valence-corrected chi connectivity index (χ1v) is 5.35. The summed E-state index contributed by atoms with van der Waals surface area (Å²) in [5, 5.41) is 13.4. The molecular weight excluding hydrogens is 250 g/mol. The molecule has 8 nitrogen and oxygen atoms in total. The molecule has 0 radical (unpaired) electrons. The Balaban J connectivity index is 2.08. The van der Waals surface area contributed by atoms with Crippen LogP contribution in [0.1, 0.15) is 5.76 Å². The van der Waals surface area contributed by atoms with Gasteiger partial charge in [0.15, 0.2) is 5.96 Å². The van der Waals surface area contributed by atoms with E-state index >= 15 is 0 Å². The molecule has 0 aliphatic heterocycles. The van der Waals surface area contributed by atoms with Crippen LogP contribution in [-0.4, -0.2) is 15.9 Å². The van der Waals surface area contributed by atoms with Crippen molar-refractivity contribution in [3.8, 4) is 0 Å². The van der Waals surface area contributed by atoms with E-state index in [1.807, 2.05) is 0 Å². The molecule has 3 N–H and O–H groups in total. The van der Waals surface area contributed by atoms with Gasteiger partial charge in [-0.1, -0.05) is 0 Å². The van der Waals surface area contributed by atoms with Gasteiger partial charge < -0.3 is 15.5 Å². The molecule has 0 spiro atoms. The number of furan rings is 1. The van der Waals surface area contributed by atoms with Crippen LogP contribution in [0.3, 0.4) is 0 Å². The van der Waals surface area contributed by atoms with Gasteiger partial charge in [-0.2, -0.15) is 0 Å². The van der Waals surface area contributed by atoms with E-state index in [-0.39, 0.29) is 24.0 Å². The fourth-order valence-corrected chi connectivity index (χ4v) is 1.37. The number of nitro groups is 1. The molecule has 0 fully saturated rings. The van der Waals surface area contributed by atoms with Crippen molar-refractivity contribution in [3.05, 3.63) is 52.6 Å². The van der Waals surface area contributed by atoms with Crippen LogP contribution in [-0.2, 0) is 6.54 Å². The van der Waals surface area contributed by atoms with Gasteiger partial charge in [0.2, 0.25) is 5.82 Å².